The van der Waals surface area contributed by atoms with Crippen LogP contribution in [0.15, 0.2) is 30.6 Å². The van der Waals surface area contributed by atoms with Crippen LogP contribution in [-0.4, -0.2) is 65.2 Å². The van der Waals surface area contributed by atoms with E-state index >= 15 is 0 Å². The van der Waals surface area contributed by atoms with Gasteiger partial charge in [-0.2, -0.15) is 5.10 Å². The summed E-state index contributed by atoms with van der Waals surface area (Å²) in [5.74, 6) is 1.24. The van der Waals surface area contributed by atoms with Gasteiger partial charge < -0.3 is 23.7 Å². The number of rotatable bonds is 11. The van der Waals surface area contributed by atoms with E-state index in [1.807, 2.05) is 17.7 Å². The molecule has 1 N–H and O–H groups in total. The SMILES string of the molecule is C[C@@H](O)CCOC[C@H](C)Oc1cncc(-c2nn(C3CCCCO3)c3ccc(O[Si](C)(C)C(C)(C)C)cc23)n1. The summed E-state index contributed by atoms with van der Waals surface area (Å²) >= 11 is 0. The number of hydrogen-bond donors (Lipinski definition) is 1. The molecule has 0 bridgehead atoms. The van der Waals surface area contributed by atoms with Gasteiger partial charge in [0.15, 0.2) is 6.23 Å². The first-order valence-electron chi connectivity index (χ1n) is 14.0. The molecule has 1 aliphatic rings. The normalized spacial score (nSPS) is 18.2. The van der Waals surface area contributed by atoms with Crippen molar-refractivity contribution in [2.45, 2.75) is 96.9 Å². The van der Waals surface area contributed by atoms with Crippen LogP contribution in [0.3, 0.4) is 0 Å². The van der Waals surface area contributed by atoms with E-state index in [9.17, 15) is 5.11 Å². The highest BCUT2D eigenvalue weighted by Gasteiger charge is 2.39. The van der Waals surface area contributed by atoms with Crippen LogP contribution >= 0.6 is 0 Å². The Balaban J connectivity index is 1.64. The van der Waals surface area contributed by atoms with E-state index in [1.165, 1.54) is 0 Å². The van der Waals surface area contributed by atoms with Crippen molar-refractivity contribution in [3.63, 3.8) is 0 Å². The van der Waals surface area contributed by atoms with Gasteiger partial charge in [-0.3, -0.25) is 4.98 Å². The Bertz CT molecular complexity index is 1230. The maximum atomic E-state index is 9.41. The van der Waals surface area contributed by atoms with Gasteiger partial charge in [0, 0.05) is 18.6 Å². The Kier molecular flexibility index (Phi) is 9.31. The molecule has 39 heavy (non-hydrogen) atoms. The molecule has 1 unspecified atom stereocenters. The first-order valence-corrected chi connectivity index (χ1v) is 16.9. The van der Waals surface area contributed by atoms with Gasteiger partial charge in [0.2, 0.25) is 14.2 Å². The van der Waals surface area contributed by atoms with Crippen molar-refractivity contribution in [3.05, 3.63) is 30.6 Å². The molecule has 1 saturated heterocycles. The number of ether oxygens (including phenoxy) is 3. The Labute approximate surface area is 233 Å². The molecule has 0 amide bonds. The number of aliphatic hydroxyl groups excluding tert-OH is 1. The van der Waals surface area contributed by atoms with Crippen molar-refractivity contribution in [2.75, 3.05) is 19.8 Å². The van der Waals surface area contributed by atoms with E-state index in [-0.39, 0.29) is 23.5 Å². The number of fused-ring (bicyclic) bond motifs is 1. The first-order chi connectivity index (χ1) is 18.4. The third-order valence-corrected chi connectivity index (χ3v) is 11.9. The van der Waals surface area contributed by atoms with Gasteiger partial charge in [-0.1, -0.05) is 20.8 Å². The quantitative estimate of drug-likeness (QED) is 0.222. The van der Waals surface area contributed by atoms with E-state index in [4.69, 9.17) is 28.7 Å². The van der Waals surface area contributed by atoms with Crippen molar-refractivity contribution < 1.29 is 23.7 Å². The second-order valence-corrected chi connectivity index (χ2v) is 16.8. The Morgan fingerprint density at radius 1 is 1.18 bits per heavy atom. The molecular weight excluding hydrogens is 512 g/mol. The average Bonchev–Trinajstić information content (AvgIpc) is 3.25. The van der Waals surface area contributed by atoms with Gasteiger partial charge in [-0.25, -0.2) is 9.67 Å². The van der Waals surface area contributed by atoms with Gasteiger partial charge in [0.25, 0.3) is 0 Å². The molecule has 9 nitrogen and oxygen atoms in total. The summed E-state index contributed by atoms with van der Waals surface area (Å²) in [7, 11) is -2.03. The number of nitrogens with zero attached hydrogens (tertiary/aromatic N) is 4. The van der Waals surface area contributed by atoms with Gasteiger partial charge in [0.1, 0.15) is 23.2 Å². The highest BCUT2D eigenvalue weighted by atomic mass is 28.4. The molecule has 1 aromatic carbocycles. The summed E-state index contributed by atoms with van der Waals surface area (Å²) in [6.07, 6.45) is 6.27. The summed E-state index contributed by atoms with van der Waals surface area (Å²) in [6, 6.07) is 6.19. The van der Waals surface area contributed by atoms with E-state index in [2.05, 4.69) is 51.0 Å². The lowest BCUT2D eigenvalue weighted by Gasteiger charge is -2.36. The predicted octanol–water partition coefficient (Wildman–Crippen LogP) is 6.13. The second-order valence-electron chi connectivity index (χ2n) is 12.0. The van der Waals surface area contributed by atoms with Crippen LogP contribution in [0.2, 0.25) is 18.1 Å². The minimum atomic E-state index is -2.03. The molecule has 3 aromatic rings. The Morgan fingerprint density at radius 3 is 2.67 bits per heavy atom. The molecular formula is C29H44N4O5Si. The highest BCUT2D eigenvalue weighted by Crippen LogP contribution is 2.39. The van der Waals surface area contributed by atoms with Crippen LogP contribution < -0.4 is 9.16 Å². The molecule has 0 saturated carbocycles. The third kappa shape index (κ3) is 7.36. The number of aliphatic hydroxyl groups is 1. The topological polar surface area (TPSA) is 101 Å². The summed E-state index contributed by atoms with van der Waals surface area (Å²) in [4.78, 5) is 9.17. The van der Waals surface area contributed by atoms with Crippen LogP contribution in [0.5, 0.6) is 11.6 Å². The number of hydrogen-bond acceptors (Lipinski definition) is 8. The maximum absolute atomic E-state index is 9.41. The summed E-state index contributed by atoms with van der Waals surface area (Å²) in [5.41, 5.74) is 2.32. The summed E-state index contributed by atoms with van der Waals surface area (Å²) < 4.78 is 26.3. The zero-order chi connectivity index (χ0) is 28.2. The number of benzene rings is 1. The van der Waals surface area contributed by atoms with E-state index in [0.717, 1.165) is 48.2 Å². The van der Waals surface area contributed by atoms with Crippen molar-refractivity contribution >= 4 is 19.2 Å². The van der Waals surface area contributed by atoms with Crippen LogP contribution in [0.4, 0.5) is 0 Å². The average molecular weight is 557 g/mol. The highest BCUT2D eigenvalue weighted by molar-refractivity contribution is 6.74. The monoisotopic (exact) mass is 556 g/mol. The lowest BCUT2D eigenvalue weighted by Crippen LogP contribution is -2.43. The summed E-state index contributed by atoms with van der Waals surface area (Å²) in [6.45, 7) is 16.5. The van der Waals surface area contributed by atoms with Crippen molar-refractivity contribution in [1.82, 2.24) is 19.7 Å². The molecule has 214 valence electrons. The largest absolute Gasteiger partial charge is 0.543 e. The molecule has 10 heteroatoms. The minimum Gasteiger partial charge on any atom is -0.543 e. The van der Waals surface area contributed by atoms with E-state index in [0.29, 0.717) is 31.2 Å². The van der Waals surface area contributed by atoms with E-state index in [1.54, 1.807) is 19.3 Å². The molecule has 1 aliphatic heterocycles. The Hall–Kier alpha value is -2.53. The van der Waals surface area contributed by atoms with Crippen LogP contribution in [-0.2, 0) is 9.47 Å². The standard InChI is InChI=1S/C29H44N4O5Si/c1-20(34)13-15-35-19-21(2)37-26-18-30-17-24(31-26)28-23-16-22(38-39(6,7)29(3,4)5)11-12-25(23)33(32-28)27-10-8-9-14-36-27/h11-12,16-18,20-21,27,34H,8-10,13-15,19H2,1-7H3/t20-,21+,27?/m1/s1. The fraction of sp³-hybridized carbons (Fsp3) is 0.621. The zero-order valence-electron chi connectivity index (χ0n) is 24.4. The fourth-order valence-electron chi connectivity index (χ4n) is 4.22. The minimum absolute atomic E-state index is 0.0821. The smallest absolute Gasteiger partial charge is 0.250 e. The lowest BCUT2D eigenvalue weighted by atomic mass is 10.1. The van der Waals surface area contributed by atoms with Gasteiger partial charge >= 0.3 is 0 Å². The molecule has 1 fully saturated rings. The first kappa shape index (κ1) is 29.4. The van der Waals surface area contributed by atoms with Crippen molar-refractivity contribution in [2.24, 2.45) is 0 Å². The molecule has 0 radical (unpaired) electrons. The molecule has 0 spiro atoms. The molecule has 0 aliphatic carbocycles. The maximum Gasteiger partial charge on any atom is 0.250 e. The molecule has 4 rings (SSSR count). The lowest BCUT2D eigenvalue weighted by molar-refractivity contribution is -0.0365. The predicted molar refractivity (Wildman–Crippen MR) is 155 cm³/mol. The Morgan fingerprint density at radius 2 is 1.97 bits per heavy atom. The van der Waals surface area contributed by atoms with Crippen molar-refractivity contribution in [1.29, 1.82) is 0 Å². The van der Waals surface area contributed by atoms with E-state index < -0.39 is 8.32 Å². The van der Waals surface area contributed by atoms with Gasteiger partial charge in [-0.15, -0.1) is 0 Å². The fourth-order valence-corrected chi connectivity index (χ4v) is 5.24. The molecule has 2 aromatic heterocycles. The van der Waals surface area contributed by atoms with Crippen molar-refractivity contribution in [3.8, 4) is 23.0 Å². The molecule has 3 heterocycles. The summed E-state index contributed by atoms with van der Waals surface area (Å²) in [5, 5.41) is 15.4. The van der Waals surface area contributed by atoms with Gasteiger partial charge in [0.05, 0.1) is 30.6 Å². The van der Waals surface area contributed by atoms with Crippen LogP contribution in [0.1, 0.15) is 66.5 Å². The molecule has 3 atom stereocenters. The van der Waals surface area contributed by atoms with Gasteiger partial charge in [-0.05, 0) is 75.9 Å². The van der Waals surface area contributed by atoms with Crippen LogP contribution in [0, 0.1) is 0 Å². The number of aromatic nitrogens is 4. The second kappa shape index (κ2) is 12.3. The third-order valence-electron chi connectivity index (χ3n) is 7.49. The van der Waals surface area contributed by atoms with Crippen LogP contribution in [0.25, 0.3) is 22.3 Å². The zero-order valence-corrected chi connectivity index (χ0v) is 25.4.